The molecule has 0 radical (unpaired) electrons. The van der Waals surface area contributed by atoms with Gasteiger partial charge in [-0.2, -0.15) is 0 Å². The van der Waals surface area contributed by atoms with Gasteiger partial charge in [-0.1, -0.05) is 13.3 Å². The van der Waals surface area contributed by atoms with E-state index in [1.165, 1.54) is 32.8 Å². The van der Waals surface area contributed by atoms with Gasteiger partial charge < -0.3 is 4.74 Å². The van der Waals surface area contributed by atoms with Crippen molar-refractivity contribution in [2.45, 2.75) is 45.1 Å². The van der Waals surface area contributed by atoms with Crippen LogP contribution < -0.4 is 0 Å². The molecule has 1 aliphatic rings. The van der Waals surface area contributed by atoms with Gasteiger partial charge in [0.25, 0.3) is 0 Å². The maximum atomic E-state index is 11.0. The molecule has 0 spiro atoms. The Kier molecular flexibility index (Phi) is 4.94. The summed E-state index contributed by atoms with van der Waals surface area (Å²) in [5.41, 5.74) is 0. The van der Waals surface area contributed by atoms with E-state index in [-0.39, 0.29) is 5.97 Å². The Morgan fingerprint density at radius 1 is 1.50 bits per heavy atom. The number of carbonyl (C=O) groups is 1. The third-order valence-corrected chi connectivity index (χ3v) is 3.05. The number of piperidine rings is 1. The summed E-state index contributed by atoms with van der Waals surface area (Å²) in [7, 11) is 1.45. The first-order valence-electron chi connectivity index (χ1n) is 5.58. The minimum atomic E-state index is -0.0922. The van der Waals surface area contributed by atoms with Gasteiger partial charge in [0.05, 0.1) is 13.5 Å². The molecule has 3 nitrogen and oxygen atoms in total. The fourth-order valence-corrected chi connectivity index (χ4v) is 2.15. The van der Waals surface area contributed by atoms with Crippen LogP contribution in [0.4, 0.5) is 0 Å². The third kappa shape index (κ3) is 3.29. The lowest BCUT2D eigenvalue weighted by molar-refractivity contribution is -0.141. The Labute approximate surface area is 86.4 Å². The molecule has 1 saturated heterocycles. The molecule has 1 fully saturated rings. The molecule has 0 N–H and O–H groups in total. The van der Waals surface area contributed by atoms with Crippen LogP contribution in [0.15, 0.2) is 0 Å². The van der Waals surface area contributed by atoms with E-state index in [2.05, 4.69) is 16.6 Å². The van der Waals surface area contributed by atoms with E-state index < -0.39 is 0 Å². The van der Waals surface area contributed by atoms with Gasteiger partial charge in [0, 0.05) is 12.6 Å². The summed E-state index contributed by atoms with van der Waals surface area (Å²) in [6.07, 6.45) is 5.64. The first-order chi connectivity index (χ1) is 6.77. The van der Waals surface area contributed by atoms with Crippen LogP contribution in [-0.4, -0.2) is 37.1 Å². The Morgan fingerprint density at radius 2 is 2.29 bits per heavy atom. The number of ether oxygens (including phenoxy) is 1. The van der Waals surface area contributed by atoms with Crippen LogP contribution in [0.3, 0.4) is 0 Å². The van der Waals surface area contributed by atoms with Crippen molar-refractivity contribution >= 4 is 5.97 Å². The molecule has 1 rings (SSSR count). The van der Waals surface area contributed by atoms with E-state index in [1.807, 2.05) is 0 Å². The number of nitrogens with zero attached hydrogens (tertiary/aromatic N) is 1. The first kappa shape index (κ1) is 11.5. The minimum Gasteiger partial charge on any atom is -0.469 e. The molecule has 0 aromatic carbocycles. The molecule has 14 heavy (non-hydrogen) atoms. The van der Waals surface area contributed by atoms with Crippen molar-refractivity contribution in [1.82, 2.24) is 4.90 Å². The van der Waals surface area contributed by atoms with Crippen molar-refractivity contribution in [2.75, 3.05) is 20.2 Å². The second-order valence-corrected chi connectivity index (χ2v) is 3.92. The van der Waals surface area contributed by atoms with E-state index >= 15 is 0 Å². The number of hydrogen-bond acceptors (Lipinski definition) is 3. The molecule has 0 aromatic rings. The fraction of sp³-hybridized carbons (Fsp3) is 0.909. The Balaban J connectivity index is 2.29. The summed E-state index contributed by atoms with van der Waals surface area (Å²) < 4.78 is 4.64. The molecule has 1 heterocycles. The zero-order chi connectivity index (χ0) is 10.4. The van der Waals surface area contributed by atoms with Crippen LogP contribution in [0.25, 0.3) is 0 Å². The van der Waals surface area contributed by atoms with E-state index in [0.717, 1.165) is 13.1 Å². The summed E-state index contributed by atoms with van der Waals surface area (Å²) in [5.74, 6) is -0.0922. The van der Waals surface area contributed by atoms with Crippen molar-refractivity contribution in [3.8, 4) is 0 Å². The van der Waals surface area contributed by atoms with Gasteiger partial charge in [-0.3, -0.25) is 9.69 Å². The average Bonchev–Trinajstić information content (AvgIpc) is 2.26. The molecule has 0 aliphatic carbocycles. The topological polar surface area (TPSA) is 29.5 Å². The molecule has 0 aromatic heterocycles. The predicted octanol–water partition coefficient (Wildman–Crippen LogP) is 1.81. The molecule has 0 amide bonds. The lowest BCUT2D eigenvalue weighted by atomic mass is 10.00. The zero-order valence-corrected chi connectivity index (χ0v) is 9.29. The average molecular weight is 199 g/mol. The molecule has 3 heteroatoms. The Hall–Kier alpha value is -0.570. The molecule has 1 atom stereocenters. The van der Waals surface area contributed by atoms with E-state index in [4.69, 9.17) is 0 Å². The van der Waals surface area contributed by atoms with Crippen LogP contribution >= 0.6 is 0 Å². The van der Waals surface area contributed by atoms with Crippen molar-refractivity contribution in [3.63, 3.8) is 0 Å². The SMILES string of the molecule is CC[C@H]1CCCCN1CCC(=O)OC. The first-order valence-corrected chi connectivity index (χ1v) is 5.58. The standard InChI is InChI=1S/C11H21NO2/c1-3-10-6-4-5-8-12(10)9-7-11(13)14-2/h10H,3-9H2,1-2H3/t10-/m0/s1. The van der Waals surface area contributed by atoms with E-state index in [1.54, 1.807) is 0 Å². The Bertz CT molecular complexity index is 182. The van der Waals surface area contributed by atoms with E-state index in [0.29, 0.717) is 12.5 Å². The quantitative estimate of drug-likeness (QED) is 0.647. The van der Waals surface area contributed by atoms with Crippen molar-refractivity contribution in [1.29, 1.82) is 0 Å². The van der Waals surface area contributed by atoms with Crippen LogP contribution in [0, 0.1) is 0 Å². The highest BCUT2D eigenvalue weighted by Gasteiger charge is 2.20. The fourth-order valence-electron chi connectivity index (χ4n) is 2.15. The van der Waals surface area contributed by atoms with Crippen LogP contribution in [0.1, 0.15) is 39.0 Å². The summed E-state index contributed by atoms with van der Waals surface area (Å²) in [5, 5.41) is 0. The summed E-state index contributed by atoms with van der Waals surface area (Å²) in [6, 6.07) is 0.688. The molecule has 1 aliphatic heterocycles. The normalized spacial score (nSPS) is 23.4. The molecule has 0 bridgehead atoms. The summed E-state index contributed by atoms with van der Waals surface area (Å²) in [4.78, 5) is 13.4. The van der Waals surface area contributed by atoms with Crippen LogP contribution in [-0.2, 0) is 9.53 Å². The van der Waals surface area contributed by atoms with Gasteiger partial charge in [-0.15, -0.1) is 0 Å². The number of rotatable bonds is 4. The van der Waals surface area contributed by atoms with Crippen LogP contribution in [0.2, 0.25) is 0 Å². The highest BCUT2D eigenvalue weighted by molar-refractivity contribution is 5.69. The monoisotopic (exact) mass is 199 g/mol. The second-order valence-electron chi connectivity index (χ2n) is 3.92. The number of carbonyl (C=O) groups excluding carboxylic acids is 1. The lowest BCUT2D eigenvalue weighted by Gasteiger charge is -2.34. The number of hydrogen-bond donors (Lipinski definition) is 0. The van der Waals surface area contributed by atoms with Gasteiger partial charge >= 0.3 is 5.97 Å². The molecule has 0 unspecified atom stereocenters. The third-order valence-electron chi connectivity index (χ3n) is 3.05. The second kappa shape index (κ2) is 6.02. The largest absolute Gasteiger partial charge is 0.469 e. The smallest absolute Gasteiger partial charge is 0.306 e. The van der Waals surface area contributed by atoms with Crippen molar-refractivity contribution in [2.24, 2.45) is 0 Å². The molecular formula is C11H21NO2. The molecule has 0 saturated carbocycles. The number of likely N-dealkylation sites (tertiary alicyclic amines) is 1. The lowest BCUT2D eigenvalue weighted by Crippen LogP contribution is -2.40. The van der Waals surface area contributed by atoms with Gasteiger partial charge in [-0.25, -0.2) is 0 Å². The summed E-state index contributed by atoms with van der Waals surface area (Å²) >= 11 is 0. The maximum absolute atomic E-state index is 11.0. The highest BCUT2D eigenvalue weighted by Crippen LogP contribution is 2.19. The summed E-state index contributed by atoms with van der Waals surface area (Å²) in [6.45, 7) is 4.24. The maximum Gasteiger partial charge on any atom is 0.306 e. The van der Waals surface area contributed by atoms with Crippen LogP contribution in [0.5, 0.6) is 0 Å². The molecular weight excluding hydrogens is 178 g/mol. The van der Waals surface area contributed by atoms with E-state index in [9.17, 15) is 4.79 Å². The zero-order valence-electron chi connectivity index (χ0n) is 9.29. The van der Waals surface area contributed by atoms with Gasteiger partial charge in [-0.05, 0) is 25.8 Å². The highest BCUT2D eigenvalue weighted by atomic mass is 16.5. The van der Waals surface area contributed by atoms with Crippen molar-refractivity contribution in [3.05, 3.63) is 0 Å². The minimum absolute atomic E-state index is 0.0922. The van der Waals surface area contributed by atoms with Crippen molar-refractivity contribution < 1.29 is 9.53 Å². The Morgan fingerprint density at radius 3 is 2.93 bits per heavy atom. The van der Waals surface area contributed by atoms with Gasteiger partial charge in [0.15, 0.2) is 0 Å². The van der Waals surface area contributed by atoms with Gasteiger partial charge in [0.1, 0.15) is 0 Å². The predicted molar refractivity (Wildman–Crippen MR) is 56.1 cm³/mol. The van der Waals surface area contributed by atoms with Gasteiger partial charge in [0.2, 0.25) is 0 Å². The number of methoxy groups -OCH3 is 1. The molecule has 82 valence electrons. The number of esters is 1.